The second-order valence-electron chi connectivity index (χ2n) is 5.45. The Hall–Kier alpha value is -1.94. The molecule has 1 aromatic heterocycles. The Morgan fingerprint density at radius 3 is 2.27 bits per heavy atom. The van der Waals surface area contributed by atoms with Crippen molar-refractivity contribution < 1.29 is 36.9 Å². The molecule has 1 atom stereocenters. The second-order valence-corrected chi connectivity index (χ2v) is 5.45. The van der Waals surface area contributed by atoms with E-state index in [9.17, 15) is 22.7 Å². The fourth-order valence-corrected chi connectivity index (χ4v) is 2.59. The topological polar surface area (TPSA) is 52.9 Å². The molecule has 5 nitrogen and oxygen atoms in total. The fourth-order valence-electron chi connectivity index (χ4n) is 2.59. The lowest BCUT2D eigenvalue weighted by molar-refractivity contribution is -0.139. The van der Waals surface area contributed by atoms with Gasteiger partial charge in [-0.15, -0.1) is 0 Å². The highest BCUT2D eigenvalue weighted by atomic mass is 19.4. The Morgan fingerprint density at radius 2 is 1.73 bits per heavy atom. The van der Waals surface area contributed by atoms with Crippen molar-refractivity contribution in [3.8, 4) is 11.1 Å². The Balaban J connectivity index is 2.55. The summed E-state index contributed by atoms with van der Waals surface area (Å²) in [6.45, 7) is 0.163. The van der Waals surface area contributed by atoms with Crippen molar-refractivity contribution in [2.24, 2.45) is 0 Å². The van der Waals surface area contributed by atoms with E-state index in [2.05, 4.69) is 0 Å². The summed E-state index contributed by atoms with van der Waals surface area (Å²) in [5.74, 6) is -1.37. The fraction of sp³-hybridized carbons (Fsp3) is 0.412. The average molecular weight is 377 g/mol. The summed E-state index contributed by atoms with van der Waals surface area (Å²) in [5, 5.41) is 10.2. The van der Waals surface area contributed by atoms with Crippen molar-refractivity contribution in [1.82, 2.24) is 4.57 Å². The van der Waals surface area contributed by atoms with Crippen LogP contribution < -0.4 is 0 Å². The predicted molar refractivity (Wildman–Crippen MR) is 84.6 cm³/mol. The molecule has 2 aromatic rings. The van der Waals surface area contributed by atoms with Crippen LogP contribution in [0.25, 0.3) is 11.1 Å². The summed E-state index contributed by atoms with van der Waals surface area (Å²) in [4.78, 5) is 0. The highest BCUT2D eigenvalue weighted by molar-refractivity contribution is 5.68. The Kier molecular flexibility index (Phi) is 6.40. The van der Waals surface area contributed by atoms with Gasteiger partial charge in [0.15, 0.2) is 12.6 Å². The molecule has 0 saturated carbocycles. The Morgan fingerprint density at radius 1 is 1.08 bits per heavy atom. The number of alkyl halides is 3. The number of aliphatic hydroxyl groups excluding tert-OH is 1. The first-order valence-corrected chi connectivity index (χ1v) is 7.55. The van der Waals surface area contributed by atoms with E-state index in [1.807, 2.05) is 0 Å². The molecule has 1 aromatic carbocycles. The van der Waals surface area contributed by atoms with Crippen molar-refractivity contribution >= 4 is 0 Å². The van der Waals surface area contributed by atoms with Crippen LogP contribution in [0.1, 0.15) is 17.5 Å². The molecule has 144 valence electrons. The van der Waals surface area contributed by atoms with Crippen LogP contribution in [0.5, 0.6) is 0 Å². The molecule has 0 aliphatic heterocycles. The minimum atomic E-state index is -4.83. The van der Waals surface area contributed by atoms with Crippen LogP contribution in [0.2, 0.25) is 0 Å². The summed E-state index contributed by atoms with van der Waals surface area (Å²) in [6.07, 6.45) is -5.33. The highest BCUT2D eigenvalue weighted by Crippen LogP contribution is 2.36. The van der Waals surface area contributed by atoms with E-state index in [-0.39, 0.29) is 23.4 Å². The number of ether oxygens (including phenoxy) is 3. The zero-order valence-corrected chi connectivity index (χ0v) is 14.4. The van der Waals surface area contributed by atoms with Gasteiger partial charge in [0, 0.05) is 33.1 Å². The number of aromatic nitrogens is 1. The predicted octanol–water partition coefficient (Wildman–Crippen LogP) is 3.57. The Bertz CT molecular complexity index is 741. The molecular weight excluding hydrogens is 358 g/mol. The summed E-state index contributed by atoms with van der Waals surface area (Å²) in [5.41, 5.74) is -0.815. The minimum Gasteiger partial charge on any atom is -0.363 e. The highest BCUT2D eigenvalue weighted by Gasteiger charge is 2.34. The number of rotatable bonds is 7. The van der Waals surface area contributed by atoms with Crippen LogP contribution in [0.15, 0.2) is 30.5 Å². The molecular formula is C17H19F4NO4. The van der Waals surface area contributed by atoms with Crippen LogP contribution >= 0.6 is 0 Å². The van der Waals surface area contributed by atoms with Crippen LogP contribution in [-0.4, -0.2) is 37.3 Å². The summed E-state index contributed by atoms with van der Waals surface area (Å²) in [7, 11) is 4.11. The molecule has 1 unspecified atom stereocenters. The zero-order valence-electron chi connectivity index (χ0n) is 14.4. The zero-order chi connectivity index (χ0) is 19.5. The SMILES string of the molecule is COC(Cn1ccc(-c2ccc(F)c(C(F)(F)F)c2)c1C(O)OC)OC. The van der Waals surface area contributed by atoms with Gasteiger partial charge >= 0.3 is 6.18 Å². The molecule has 2 rings (SSSR count). The van der Waals surface area contributed by atoms with Crippen LogP contribution in [0.4, 0.5) is 17.6 Å². The van der Waals surface area contributed by atoms with E-state index in [0.717, 1.165) is 6.07 Å². The first kappa shape index (κ1) is 20.4. The summed E-state index contributed by atoms with van der Waals surface area (Å²) >= 11 is 0. The molecule has 0 radical (unpaired) electrons. The van der Waals surface area contributed by atoms with Gasteiger partial charge in [-0.3, -0.25) is 0 Å². The van der Waals surface area contributed by atoms with Gasteiger partial charge < -0.3 is 23.9 Å². The molecule has 0 amide bonds. The molecule has 0 fully saturated rings. The largest absolute Gasteiger partial charge is 0.419 e. The molecule has 0 spiro atoms. The first-order chi connectivity index (χ1) is 12.2. The third kappa shape index (κ3) is 4.24. The average Bonchev–Trinajstić information content (AvgIpc) is 3.01. The van der Waals surface area contributed by atoms with Crippen molar-refractivity contribution in [2.75, 3.05) is 21.3 Å². The smallest absolute Gasteiger partial charge is 0.363 e. The molecule has 26 heavy (non-hydrogen) atoms. The Labute approximate surface area is 147 Å². The lowest BCUT2D eigenvalue weighted by atomic mass is 10.0. The minimum absolute atomic E-state index is 0.0926. The van der Waals surface area contributed by atoms with Crippen molar-refractivity contribution in [1.29, 1.82) is 0 Å². The third-order valence-corrected chi connectivity index (χ3v) is 3.92. The van der Waals surface area contributed by atoms with Gasteiger partial charge in [-0.25, -0.2) is 4.39 Å². The van der Waals surface area contributed by atoms with E-state index < -0.39 is 30.1 Å². The molecule has 0 aliphatic carbocycles. The molecule has 0 aliphatic rings. The first-order valence-electron chi connectivity index (χ1n) is 7.55. The van der Waals surface area contributed by atoms with Crippen molar-refractivity contribution in [3.05, 3.63) is 47.5 Å². The summed E-state index contributed by atoms with van der Waals surface area (Å²) in [6, 6.07) is 4.16. The van der Waals surface area contributed by atoms with Crippen molar-refractivity contribution in [3.63, 3.8) is 0 Å². The maximum absolute atomic E-state index is 13.5. The van der Waals surface area contributed by atoms with Gasteiger partial charge in [0.2, 0.25) is 0 Å². The van der Waals surface area contributed by atoms with Gasteiger partial charge in [-0.05, 0) is 23.8 Å². The number of methoxy groups -OCH3 is 3. The van der Waals surface area contributed by atoms with Crippen LogP contribution in [0.3, 0.4) is 0 Å². The molecule has 1 heterocycles. The quantitative estimate of drug-likeness (QED) is 0.592. The van der Waals surface area contributed by atoms with Crippen LogP contribution in [-0.2, 0) is 26.9 Å². The van der Waals surface area contributed by atoms with Crippen LogP contribution in [0, 0.1) is 5.82 Å². The second kappa shape index (κ2) is 8.17. The molecule has 0 saturated heterocycles. The van der Waals surface area contributed by atoms with E-state index in [1.165, 1.54) is 38.0 Å². The number of nitrogens with zero attached hydrogens (tertiary/aromatic N) is 1. The maximum Gasteiger partial charge on any atom is 0.419 e. The number of hydrogen-bond acceptors (Lipinski definition) is 4. The third-order valence-electron chi connectivity index (χ3n) is 3.92. The van der Waals surface area contributed by atoms with Gasteiger partial charge in [-0.1, -0.05) is 6.07 Å². The van der Waals surface area contributed by atoms with Gasteiger partial charge in [0.1, 0.15) is 5.82 Å². The molecule has 9 heteroatoms. The molecule has 0 bridgehead atoms. The number of hydrogen-bond donors (Lipinski definition) is 1. The monoisotopic (exact) mass is 377 g/mol. The van der Waals surface area contributed by atoms with E-state index >= 15 is 0 Å². The van der Waals surface area contributed by atoms with E-state index in [4.69, 9.17) is 14.2 Å². The van der Waals surface area contributed by atoms with E-state index in [0.29, 0.717) is 6.07 Å². The number of aliphatic hydroxyl groups is 1. The molecule has 1 N–H and O–H groups in total. The summed E-state index contributed by atoms with van der Waals surface area (Å²) < 4.78 is 69.2. The number of benzene rings is 1. The normalized spacial score (nSPS) is 13.4. The van der Waals surface area contributed by atoms with Gasteiger partial charge in [0.25, 0.3) is 0 Å². The lowest BCUT2D eigenvalue weighted by Crippen LogP contribution is -2.22. The standard InChI is InChI=1S/C17H19F4NO4/c1-24-14(25-2)9-22-7-6-11(15(22)16(23)26-3)10-4-5-13(18)12(8-10)17(19,20)21/h4-8,14,16,23H,9H2,1-3H3. The number of halogens is 4. The maximum atomic E-state index is 13.5. The van der Waals surface area contributed by atoms with Crippen molar-refractivity contribution in [2.45, 2.75) is 25.3 Å². The van der Waals surface area contributed by atoms with Gasteiger partial charge in [0.05, 0.1) is 17.8 Å². The van der Waals surface area contributed by atoms with E-state index in [1.54, 1.807) is 6.20 Å². The van der Waals surface area contributed by atoms with Gasteiger partial charge in [-0.2, -0.15) is 13.2 Å². The lowest BCUT2D eigenvalue weighted by Gasteiger charge is -2.20.